The number of amides is 2. The van der Waals surface area contributed by atoms with Gasteiger partial charge in [-0.1, -0.05) is 28.1 Å². The lowest BCUT2D eigenvalue weighted by Gasteiger charge is -2.28. The Hall–Kier alpha value is -2.64. The molecule has 7 heteroatoms. The summed E-state index contributed by atoms with van der Waals surface area (Å²) in [5.41, 5.74) is 4.61. The minimum Gasteiger partial charge on any atom is -0.322 e. The molecule has 1 fully saturated rings. The van der Waals surface area contributed by atoms with E-state index in [1.807, 2.05) is 21.9 Å². The zero-order valence-corrected chi connectivity index (χ0v) is 21.3. The van der Waals surface area contributed by atoms with E-state index in [9.17, 15) is 9.18 Å². The minimum atomic E-state index is -0.232. The summed E-state index contributed by atoms with van der Waals surface area (Å²) >= 11 is 3.60. The lowest BCUT2D eigenvalue weighted by Crippen LogP contribution is -2.40. The molecule has 0 bridgehead atoms. The van der Waals surface area contributed by atoms with Gasteiger partial charge in [-0.15, -0.1) is 0 Å². The van der Waals surface area contributed by atoms with Crippen molar-refractivity contribution >= 4 is 38.4 Å². The first-order valence-corrected chi connectivity index (χ1v) is 12.7. The molecule has 0 atom stereocenters. The fraction of sp³-hybridized carbons (Fsp3) is 0.370. The maximum Gasteiger partial charge on any atom is 0.320 e. The van der Waals surface area contributed by atoms with Crippen LogP contribution in [0.25, 0.3) is 22.2 Å². The summed E-state index contributed by atoms with van der Waals surface area (Å²) < 4.78 is 16.7. The van der Waals surface area contributed by atoms with E-state index in [-0.39, 0.29) is 17.9 Å². The number of urea groups is 1. The summed E-state index contributed by atoms with van der Waals surface area (Å²) in [4.78, 5) is 18.9. The van der Waals surface area contributed by atoms with Crippen molar-refractivity contribution in [3.05, 3.63) is 70.6 Å². The van der Waals surface area contributed by atoms with Crippen molar-refractivity contribution in [3.8, 4) is 5.69 Å². The van der Waals surface area contributed by atoms with Crippen LogP contribution in [0.15, 0.2) is 59.2 Å². The number of aromatic nitrogens is 1. The summed E-state index contributed by atoms with van der Waals surface area (Å²) in [6.07, 6.45) is 5.46. The first kappa shape index (κ1) is 23.1. The summed E-state index contributed by atoms with van der Waals surface area (Å²) in [6.45, 7) is 9.33. The molecule has 1 aromatic heterocycles. The second-order valence-electron chi connectivity index (χ2n) is 9.39. The van der Waals surface area contributed by atoms with Crippen LogP contribution in [0.1, 0.15) is 25.8 Å². The number of carbonyl (C=O) groups is 1. The standard InChI is InChI=1S/C27H30BrFN4O/c1-19(2)32-16-15-31(27(32)34)14-13-30-11-9-20(10-12-30)25-18-33(23-6-4-22(29)5-7-23)26-17-21(28)3-8-24(25)26/h3-9,17-19H,10-16H2,1-2H3. The van der Waals surface area contributed by atoms with Crippen molar-refractivity contribution in [2.75, 3.05) is 39.3 Å². The highest BCUT2D eigenvalue weighted by atomic mass is 79.9. The van der Waals surface area contributed by atoms with Gasteiger partial charge in [-0.2, -0.15) is 0 Å². The van der Waals surface area contributed by atoms with Crippen molar-refractivity contribution in [1.82, 2.24) is 19.3 Å². The lowest BCUT2D eigenvalue weighted by molar-refractivity contribution is 0.176. The van der Waals surface area contributed by atoms with E-state index in [2.05, 4.69) is 69.7 Å². The molecular formula is C27H30BrFN4O. The summed E-state index contributed by atoms with van der Waals surface area (Å²) in [5, 5.41) is 1.20. The third kappa shape index (κ3) is 4.51. The van der Waals surface area contributed by atoms with Gasteiger partial charge in [0.15, 0.2) is 0 Å². The van der Waals surface area contributed by atoms with E-state index in [4.69, 9.17) is 0 Å². The first-order chi connectivity index (χ1) is 16.4. The van der Waals surface area contributed by atoms with Crippen LogP contribution >= 0.6 is 15.9 Å². The van der Waals surface area contributed by atoms with Gasteiger partial charge in [-0.05, 0) is 62.2 Å². The highest BCUT2D eigenvalue weighted by molar-refractivity contribution is 9.10. The molecule has 2 aromatic carbocycles. The average molecular weight is 525 g/mol. The first-order valence-electron chi connectivity index (χ1n) is 11.9. The highest BCUT2D eigenvalue weighted by Gasteiger charge is 2.30. The molecule has 0 spiro atoms. The van der Waals surface area contributed by atoms with Gasteiger partial charge in [-0.25, -0.2) is 9.18 Å². The topological polar surface area (TPSA) is 31.7 Å². The Morgan fingerprint density at radius 3 is 2.50 bits per heavy atom. The van der Waals surface area contributed by atoms with Crippen molar-refractivity contribution < 1.29 is 9.18 Å². The Balaban J connectivity index is 1.32. The molecule has 3 aromatic rings. The number of rotatable bonds is 6. The quantitative estimate of drug-likeness (QED) is 0.410. The second kappa shape index (κ2) is 9.55. The number of hydrogen-bond donors (Lipinski definition) is 0. The third-order valence-electron chi connectivity index (χ3n) is 6.95. The Labute approximate surface area is 208 Å². The number of halogens is 2. The van der Waals surface area contributed by atoms with Gasteiger partial charge in [0.25, 0.3) is 0 Å². The molecule has 178 valence electrons. The molecule has 2 amide bonds. The molecule has 0 unspecified atom stereocenters. The van der Waals surface area contributed by atoms with Crippen molar-refractivity contribution in [1.29, 1.82) is 0 Å². The van der Waals surface area contributed by atoms with Crippen LogP contribution < -0.4 is 0 Å². The Kier molecular flexibility index (Phi) is 6.49. The Morgan fingerprint density at radius 2 is 1.82 bits per heavy atom. The maximum absolute atomic E-state index is 13.5. The zero-order chi connectivity index (χ0) is 23.8. The third-order valence-corrected chi connectivity index (χ3v) is 7.44. The number of nitrogens with zero attached hydrogens (tertiary/aromatic N) is 4. The van der Waals surface area contributed by atoms with E-state index in [0.29, 0.717) is 0 Å². The predicted molar refractivity (Wildman–Crippen MR) is 139 cm³/mol. The monoisotopic (exact) mass is 524 g/mol. The molecule has 0 saturated carbocycles. The van der Waals surface area contributed by atoms with Crippen molar-refractivity contribution in [2.45, 2.75) is 26.3 Å². The largest absolute Gasteiger partial charge is 0.322 e. The molecule has 5 nitrogen and oxygen atoms in total. The average Bonchev–Trinajstić information content (AvgIpc) is 3.39. The van der Waals surface area contributed by atoms with Crippen LogP contribution in [0.3, 0.4) is 0 Å². The molecule has 34 heavy (non-hydrogen) atoms. The van der Waals surface area contributed by atoms with Crippen molar-refractivity contribution in [2.24, 2.45) is 0 Å². The van der Waals surface area contributed by atoms with E-state index >= 15 is 0 Å². The van der Waals surface area contributed by atoms with Crippen LogP contribution in [0.4, 0.5) is 9.18 Å². The van der Waals surface area contributed by atoms with Crippen LogP contribution in [-0.2, 0) is 0 Å². The fourth-order valence-electron chi connectivity index (χ4n) is 4.98. The minimum absolute atomic E-state index is 0.169. The van der Waals surface area contributed by atoms with Gasteiger partial charge in [0.1, 0.15) is 5.82 Å². The molecular weight excluding hydrogens is 495 g/mol. The van der Waals surface area contributed by atoms with Gasteiger partial charge in [0, 0.05) is 72.6 Å². The summed E-state index contributed by atoms with van der Waals surface area (Å²) in [7, 11) is 0. The fourth-order valence-corrected chi connectivity index (χ4v) is 5.33. The SMILES string of the molecule is CC(C)N1CCN(CCN2CC=C(c3cn(-c4ccc(F)cc4)c4cc(Br)ccc34)CC2)C1=O. The van der Waals surface area contributed by atoms with Gasteiger partial charge in [-0.3, -0.25) is 4.90 Å². The highest BCUT2D eigenvalue weighted by Crippen LogP contribution is 2.34. The molecule has 2 aliphatic heterocycles. The van der Waals surface area contributed by atoms with Gasteiger partial charge in [0.05, 0.1) is 5.52 Å². The molecule has 0 aliphatic carbocycles. The molecule has 0 N–H and O–H groups in total. The Morgan fingerprint density at radius 1 is 1.03 bits per heavy atom. The maximum atomic E-state index is 13.5. The number of fused-ring (bicyclic) bond motifs is 1. The zero-order valence-electron chi connectivity index (χ0n) is 19.7. The lowest BCUT2D eigenvalue weighted by atomic mass is 9.99. The van der Waals surface area contributed by atoms with E-state index in [0.717, 1.165) is 61.4 Å². The second-order valence-corrected chi connectivity index (χ2v) is 10.3. The number of carbonyl (C=O) groups excluding carboxylic acids is 1. The van der Waals surface area contributed by atoms with Crippen LogP contribution in [-0.4, -0.2) is 70.6 Å². The number of benzene rings is 2. The van der Waals surface area contributed by atoms with E-state index < -0.39 is 0 Å². The predicted octanol–water partition coefficient (Wildman–Crippen LogP) is 5.77. The molecule has 5 rings (SSSR count). The normalized spacial score (nSPS) is 17.3. The van der Waals surface area contributed by atoms with Crippen LogP contribution in [0, 0.1) is 5.82 Å². The van der Waals surface area contributed by atoms with E-state index in [1.165, 1.54) is 28.7 Å². The number of hydrogen-bond acceptors (Lipinski definition) is 2. The van der Waals surface area contributed by atoms with Gasteiger partial charge < -0.3 is 14.4 Å². The Bertz CT molecular complexity index is 1230. The smallest absolute Gasteiger partial charge is 0.320 e. The molecule has 0 radical (unpaired) electrons. The van der Waals surface area contributed by atoms with Gasteiger partial charge >= 0.3 is 6.03 Å². The van der Waals surface area contributed by atoms with Gasteiger partial charge in [0.2, 0.25) is 0 Å². The summed E-state index contributed by atoms with van der Waals surface area (Å²) in [6, 6.07) is 13.4. The molecule has 1 saturated heterocycles. The summed E-state index contributed by atoms with van der Waals surface area (Å²) in [5.74, 6) is -0.232. The molecule has 2 aliphatic rings. The van der Waals surface area contributed by atoms with Crippen LogP contribution in [0.2, 0.25) is 0 Å². The molecule has 3 heterocycles. The van der Waals surface area contributed by atoms with E-state index in [1.54, 1.807) is 0 Å². The van der Waals surface area contributed by atoms with Crippen LogP contribution in [0.5, 0.6) is 0 Å². The van der Waals surface area contributed by atoms with Crippen molar-refractivity contribution in [3.63, 3.8) is 0 Å².